The zero-order chi connectivity index (χ0) is 17.9. The monoisotopic (exact) mass is 332 g/mol. The third-order valence-electron chi connectivity index (χ3n) is 3.85. The number of carbonyl (C=O) groups is 2. The molecule has 1 N–H and O–H groups in total. The Bertz CT molecular complexity index is 631. The summed E-state index contributed by atoms with van der Waals surface area (Å²) in [5.74, 6) is -1.68. The average molecular weight is 332 g/mol. The van der Waals surface area contributed by atoms with Crippen molar-refractivity contribution >= 4 is 18.0 Å². The van der Waals surface area contributed by atoms with Crippen LogP contribution in [0, 0.1) is 5.92 Å². The summed E-state index contributed by atoms with van der Waals surface area (Å²) in [7, 11) is 1.92. The van der Waals surface area contributed by atoms with Gasteiger partial charge in [-0.3, -0.25) is 9.78 Å². The van der Waals surface area contributed by atoms with E-state index in [1.54, 1.807) is 18.3 Å². The number of nitrogens with zero attached hydrogens (tertiary/aromatic N) is 2. The van der Waals surface area contributed by atoms with E-state index in [1.807, 2.05) is 38.8 Å². The molecule has 1 aliphatic heterocycles. The lowest BCUT2D eigenvalue weighted by Gasteiger charge is -2.17. The molecule has 1 fully saturated rings. The third-order valence-corrected chi connectivity index (χ3v) is 3.85. The molecule has 1 aliphatic rings. The van der Waals surface area contributed by atoms with Crippen LogP contribution in [0.25, 0.3) is 6.08 Å². The Morgan fingerprint density at radius 2 is 2.04 bits per heavy atom. The third kappa shape index (κ3) is 4.89. The number of aliphatic carboxylic acids is 1. The molecule has 1 saturated heterocycles. The van der Waals surface area contributed by atoms with Crippen LogP contribution < -0.4 is 0 Å². The minimum Gasteiger partial charge on any atom is -0.481 e. The molecule has 2 heterocycles. The van der Waals surface area contributed by atoms with Gasteiger partial charge in [-0.25, -0.2) is 4.79 Å². The van der Waals surface area contributed by atoms with Gasteiger partial charge in [-0.1, -0.05) is 6.07 Å². The maximum atomic E-state index is 11.7. The zero-order valence-electron chi connectivity index (χ0n) is 14.5. The summed E-state index contributed by atoms with van der Waals surface area (Å²) in [5.41, 5.74) is 1.00. The van der Waals surface area contributed by atoms with Gasteiger partial charge in [-0.15, -0.1) is 0 Å². The number of likely N-dealkylation sites (tertiary alicyclic amines) is 1. The van der Waals surface area contributed by atoms with Crippen molar-refractivity contribution in [2.75, 3.05) is 20.1 Å². The largest absolute Gasteiger partial charge is 0.481 e. The number of carboxylic acids is 1. The SMILES string of the molecule is CN1CC(C(=O)O)C(c2ccc(/C=C/C(=O)OC(C)(C)C)nc2)C1. The molecular weight excluding hydrogens is 308 g/mol. The second kappa shape index (κ2) is 7.13. The van der Waals surface area contributed by atoms with E-state index in [9.17, 15) is 14.7 Å². The normalized spacial score (nSPS) is 22.0. The highest BCUT2D eigenvalue weighted by Gasteiger charge is 2.37. The lowest BCUT2D eigenvalue weighted by Crippen LogP contribution is -2.22. The number of ether oxygens (including phenoxy) is 1. The number of pyridine rings is 1. The fraction of sp³-hybridized carbons (Fsp3) is 0.500. The Morgan fingerprint density at radius 1 is 1.33 bits per heavy atom. The van der Waals surface area contributed by atoms with E-state index in [0.29, 0.717) is 18.8 Å². The van der Waals surface area contributed by atoms with Crippen molar-refractivity contribution in [1.82, 2.24) is 9.88 Å². The van der Waals surface area contributed by atoms with Crippen molar-refractivity contribution in [3.63, 3.8) is 0 Å². The van der Waals surface area contributed by atoms with E-state index in [0.717, 1.165) is 5.56 Å². The van der Waals surface area contributed by atoms with Crippen molar-refractivity contribution in [1.29, 1.82) is 0 Å². The number of carboxylic acid groups (broad SMARTS) is 1. The fourth-order valence-corrected chi connectivity index (χ4v) is 2.81. The van der Waals surface area contributed by atoms with Gasteiger partial charge in [0.1, 0.15) is 5.60 Å². The summed E-state index contributed by atoms with van der Waals surface area (Å²) < 4.78 is 5.19. The molecule has 0 bridgehead atoms. The Morgan fingerprint density at radius 3 is 2.58 bits per heavy atom. The number of esters is 1. The van der Waals surface area contributed by atoms with Crippen LogP contribution in [0.5, 0.6) is 0 Å². The van der Waals surface area contributed by atoms with Gasteiger partial charge in [0.25, 0.3) is 0 Å². The lowest BCUT2D eigenvalue weighted by molar-refractivity contribution is -0.148. The molecular formula is C18H24N2O4. The molecule has 130 valence electrons. The molecule has 0 aliphatic carbocycles. The number of rotatable bonds is 4. The standard InChI is InChI=1S/C18H24N2O4/c1-18(2,3)24-16(21)8-7-13-6-5-12(9-19-13)14-10-20(4)11-15(14)17(22)23/h5-9,14-15H,10-11H2,1-4H3,(H,22,23)/b8-7+. The van der Waals surface area contributed by atoms with Gasteiger partial charge in [0.15, 0.2) is 0 Å². The molecule has 24 heavy (non-hydrogen) atoms. The lowest BCUT2D eigenvalue weighted by atomic mass is 9.90. The van der Waals surface area contributed by atoms with Crippen LogP contribution in [0.1, 0.15) is 37.9 Å². The van der Waals surface area contributed by atoms with Gasteiger partial charge in [0.2, 0.25) is 0 Å². The summed E-state index contributed by atoms with van der Waals surface area (Å²) in [6.45, 7) is 6.67. The van der Waals surface area contributed by atoms with Crippen LogP contribution in [0.3, 0.4) is 0 Å². The molecule has 1 aromatic heterocycles. The number of hydrogen-bond donors (Lipinski definition) is 1. The summed E-state index contributed by atoms with van der Waals surface area (Å²) in [5, 5.41) is 9.35. The molecule has 2 rings (SSSR count). The molecule has 0 aromatic carbocycles. The molecule has 2 atom stereocenters. The van der Waals surface area contributed by atoms with Gasteiger partial charge in [-0.05, 0) is 45.5 Å². The average Bonchev–Trinajstić information content (AvgIpc) is 2.86. The highest BCUT2D eigenvalue weighted by Crippen LogP contribution is 2.31. The van der Waals surface area contributed by atoms with Crippen LogP contribution in [0.2, 0.25) is 0 Å². The van der Waals surface area contributed by atoms with E-state index >= 15 is 0 Å². The van der Waals surface area contributed by atoms with Crippen LogP contribution in [0.15, 0.2) is 24.4 Å². The summed E-state index contributed by atoms with van der Waals surface area (Å²) >= 11 is 0. The number of carbonyl (C=O) groups excluding carboxylic acids is 1. The van der Waals surface area contributed by atoms with Gasteiger partial charge in [0, 0.05) is 31.3 Å². The quantitative estimate of drug-likeness (QED) is 0.672. The maximum Gasteiger partial charge on any atom is 0.331 e. The van der Waals surface area contributed by atoms with Crippen LogP contribution in [-0.4, -0.2) is 52.7 Å². The van der Waals surface area contributed by atoms with Gasteiger partial charge in [0.05, 0.1) is 11.6 Å². The van der Waals surface area contributed by atoms with Gasteiger partial charge in [-0.2, -0.15) is 0 Å². The van der Waals surface area contributed by atoms with Crippen molar-refractivity contribution in [2.24, 2.45) is 5.92 Å². The molecule has 6 heteroatoms. The topological polar surface area (TPSA) is 79.7 Å². The first-order chi connectivity index (χ1) is 11.2. The fourth-order valence-electron chi connectivity index (χ4n) is 2.81. The summed E-state index contributed by atoms with van der Waals surface area (Å²) in [6, 6.07) is 3.66. The second-order valence-corrected chi connectivity index (χ2v) is 7.16. The number of likely N-dealkylation sites (N-methyl/N-ethyl adjacent to an activating group) is 1. The minimum absolute atomic E-state index is 0.0658. The van der Waals surface area contributed by atoms with Crippen LogP contribution in [0.4, 0.5) is 0 Å². The minimum atomic E-state index is -0.779. The Balaban J connectivity index is 2.05. The van der Waals surface area contributed by atoms with Crippen molar-refractivity contribution in [3.05, 3.63) is 35.7 Å². The molecule has 0 amide bonds. The predicted molar refractivity (Wildman–Crippen MR) is 90.5 cm³/mol. The Hall–Kier alpha value is -2.21. The molecule has 1 aromatic rings. The van der Waals surface area contributed by atoms with Crippen molar-refractivity contribution in [2.45, 2.75) is 32.3 Å². The first-order valence-corrected chi connectivity index (χ1v) is 7.94. The highest BCUT2D eigenvalue weighted by atomic mass is 16.6. The van der Waals surface area contributed by atoms with Crippen molar-refractivity contribution in [3.8, 4) is 0 Å². The van der Waals surface area contributed by atoms with E-state index in [-0.39, 0.29) is 5.92 Å². The van der Waals surface area contributed by atoms with Gasteiger partial charge >= 0.3 is 11.9 Å². The first kappa shape index (κ1) is 18.1. The zero-order valence-corrected chi connectivity index (χ0v) is 14.5. The number of hydrogen-bond acceptors (Lipinski definition) is 5. The molecule has 0 saturated carbocycles. The van der Waals surface area contributed by atoms with Crippen LogP contribution in [-0.2, 0) is 14.3 Å². The molecule has 0 spiro atoms. The van der Waals surface area contributed by atoms with Gasteiger partial charge < -0.3 is 14.7 Å². The van der Waals surface area contributed by atoms with Crippen molar-refractivity contribution < 1.29 is 19.4 Å². The molecule has 6 nitrogen and oxygen atoms in total. The maximum absolute atomic E-state index is 11.7. The number of aromatic nitrogens is 1. The first-order valence-electron chi connectivity index (χ1n) is 7.94. The Labute approximate surface area is 142 Å². The van der Waals surface area contributed by atoms with Crippen LogP contribution >= 0.6 is 0 Å². The van der Waals surface area contributed by atoms with E-state index in [4.69, 9.17) is 4.74 Å². The van der Waals surface area contributed by atoms with E-state index in [2.05, 4.69) is 4.98 Å². The van der Waals surface area contributed by atoms with E-state index in [1.165, 1.54) is 6.08 Å². The molecule has 2 unspecified atom stereocenters. The summed E-state index contributed by atoms with van der Waals surface area (Å²) in [6.07, 6.45) is 4.62. The summed E-state index contributed by atoms with van der Waals surface area (Å²) in [4.78, 5) is 29.4. The smallest absolute Gasteiger partial charge is 0.331 e. The second-order valence-electron chi connectivity index (χ2n) is 7.16. The molecule has 0 radical (unpaired) electrons. The highest BCUT2D eigenvalue weighted by molar-refractivity contribution is 5.87. The Kier molecular flexibility index (Phi) is 5.39. The van der Waals surface area contributed by atoms with E-state index < -0.39 is 23.5 Å². The predicted octanol–water partition coefficient (Wildman–Crippen LogP) is 2.17.